The van der Waals surface area contributed by atoms with Gasteiger partial charge in [0.2, 0.25) is 5.95 Å². The van der Waals surface area contributed by atoms with Gasteiger partial charge < -0.3 is 10.1 Å². The topological polar surface area (TPSA) is 70.6 Å². The van der Waals surface area contributed by atoms with Gasteiger partial charge in [-0.05, 0) is 37.8 Å². The van der Waals surface area contributed by atoms with Crippen LogP contribution in [-0.4, -0.2) is 41.8 Å². The van der Waals surface area contributed by atoms with Gasteiger partial charge in [0.05, 0.1) is 30.0 Å². The molecule has 2 heterocycles. The second-order valence-electron chi connectivity index (χ2n) is 7.66. The van der Waals surface area contributed by atoms with E-state index in [1.165, 1.54) is 0 Å². The number of carbonyl (C=O) groups is 1. The van der Waals surface area contributed by atoms with Crippen LogP contribution < -0.4 is 15.1 Å². The van der Waals surface area contributed by atoms with Crippen molar-refractivity contribution in [2.75, 3.05) is 28.8 Å². The van der Waals surface area contributed by atoms with E-state index in [2.05, 4.69) is 21.9 Å². The fourth-order valence-electron chi connectivity index (χ4n) is 4.00. The average Bonchev–Trinajstić information content (AvgIpc) is 2.77. The molecule has 0 bridgehead atoms. The van der Waals surface area contributed by atoms with Crippen molar-refractivity contribution in [3.05, 3.63) is 53.7 Å². The van der Waals surface area contributed by atoms with Crippen molar-refractivity contribution in [1.82, 2.24) is 9.97 Å². The Morgan fingerprint density at radius 3 is 2.80 bits per heavy atom. The fraction of sp³-hybridized carbons (Fsp3) is 0.409. The van der Waals surface area contributed by atoms with Gasteiger partial charge >= 0.3 is 6.03 Å². The number of ether oxygens (including phenoxy) is 1. The summed E-state index contributed by atoms with van der Waals surface area (Å²) in [6.45, 7) is 4.68. The molecule has 1 fully saturated rings. The molecule has 2 amide bonds. The first-order valence-electron chi connectivity index (χ1n) is 10.2. The van der Waals surface area contributed by atoms with Crippen LogP contribution >= 0.6 is 11.6 Å². The maximum absolute atomic E-state index is 13.0. The van der Waals surface area contributed by atoms with Crippen LogP contribution in [0.1, 0.15) is 31.2 Å². The van der Waals surface area contributed by atoms with Gasteiger partial charge in [0, 0.05) is 24.8 Å². The molecule has 0 spiro atoms. The standard InChI is InChI=1S/C22H26ClN5O2/c1-3-12-30-17-10-8-16(9-11-17)25-21-24-13-15-14-28(19-7-5-4-6-18(19)23)22(29)27(2)20(15)26-21/h3-7,13,16-17H,1,8-12,14H2,2H3,(H,24,25,26)/t16-,17-. The smallest absolute Gasteiger partial charge is 0.330 e. The van der Waals surface area contributed by atoms with Crippen LogP contribution in [0.15, 0.2) is 43.1 Å². The van der Waals surface area contributed by atoms with Crippen LogP contribution in [0.3, 0.4) is 0 Å². The van der Waals surface area contributed by atoms with E-state index in [4.69, 9.17) is 16.3 Å². The van der Waals surface area contributed by atoms with E-state index in [-0.39, 0.29) is 6.03 Å². The second kappa shape index (κ2) is 9.02. The molecule has 7 nitrogen and oxygen atoms in total. The Bertz CT molecular complexity index is 929. The number of benzene rings is 1. The predicted octanol–water partition coefficient (Wildman–Crippen LogP) is 4.63. The molecule has 8 heteroatoms. The number of amides is 2. The highest BCUT2D eigenvalue weighted by atomic mass is 35.5. The van der Waals surface area contributed by atoms with Gasteiger partial charge in [-0.1, -0.05) is 29.8 Å². The van der Waals surface area contributed by atoms with E-state index >= 15 is 0 Å². The van der Waals surface area contributed by atoms with Gasteiger partial charge in [-0.2, -0.15) is 4.98 Å². The average molecular weight is 428 g/mol. The molecule has 1 aromatic heterocycles. The number of halogens is 1. The minimum atomic E-state index is -0.167. The zero-order valence-corrected chi connectivity index (χ0v) is 17.8. The molecule has 1 N–H and O–H groups in total. The zero-order chi connectivity index (χ0) is 21.1. The Hall–Kier alpha value is -2.64. The molecule has 4 rings (SSSR count). The van der Waals surface area contributed by atoms with Crippen LogP contribution in [0.2, 0.25) is 5.02 Å². The first-order chi connectivity index (χ1) is 14.6. The third-order valence-electron chi connectivity index (χ3n) is 5.61. The normalized spacial score (nSPS) is 21.3. The lowest BCUT2D eigenvalue weighted by Crippen LogP contribution is -2.46. The highest BCUT2D eigenvalue weighted by molar-refractivity contribution is 6.34. The number of aromatic nitrogens is 2. The highest BCUT2D eigenvalue weighted by Crippen LogP contribution is 2.33. The number of anilines is 3. The molecule has 1 saturated carbocycles. The summed E-state index contributed by atoms with van der Waals surface area (Å²) in [7, 11) is 1.73. The number of nitrogens with zero attached hydrogens (tertiary/aromatic N) is 4. The largest absolute Gasteiger partial charge is 0.374 e. The van der Waals surface area contributed by atoms with Crippen LogP contribution in [0.4, 0.5) is 22.2 Å². The summed E-state index contributed by atoms with van der Waals surface area (Å²) < 4.78 is 5.75. The van der Waals surface area contributed by atoms with E-state index in [0.29, 0.717) is 47.8 Å². The summed E-state index contributed by atoms with van der Waals surface area (Å²) >= 11 is 6.30. The Kier molecular flexibility index (Phi) is 6.20. The van der Waals surface area contributed by atoms with E-state index in [1.807, 2.05) is 18.2 Å². The molecule has 1 aliphatic heterocycles. The number of para-hydroxylation sites is 1. The third-order valence-corrected chi connectivity index (χ3v) is 5.93. The summed E-state index contributed by atoms with van der Waals surface area (Å²) in [6.07, 6.45) is 7.87. The molecule has 0 unspecified atom stereocenters. The Morgan fingerprint density at radius 1 is 1.30 bits per heavy atom. The number of carbonyl (C=O) groups excluding carboxylic acids is 1. The molecular weight excluding hydrogens is 402 g/mol. The van der Waals surface area contributed by atoms with Crippen molar-refractivity contribution in [3.8, 4) is 0 Å². The number of hydrogen-bond donors (Lipinski definition) is 1. The Labute approximate surface area is 181 Å². The van der Waals surface area contributed by atoms with Gasteiger partial charge in [0.1, 0.15) is 5.82 Å². The minimum Gasteiger partial charge on any atom is -0.374 e. The molecule has 30 heavy (non-hydrogen) atoms. The van der Waals surface area contributed by atoms with Gasteiger partial charge in [-0.25, -0.2) is 9.78 Å². The van der Waals surface area contributed by atoms with Crippen LogP contribution in [0.25, 0.3) is 0 Å². The zero-order valence-electron chi connectivity index (χ0n) is 17.1. The summed E-state index contributed by atoms with van der Waals surface area (Å²) in [4.78, 5) is 25.3. The molecule has 0 saturated heterocycles. The first-order valence-corrected chi connectivity index (χ1v) is 10.6. The van der Waals surface area contributed by atoms with E-state index in [1.54, 1.807) is 35.2 Å². The Balaban J connectivity index is 1.45. The van der Waals surface area contributed by atoms with E-state index < -0.39 is 0 Å². The predicted molar refractivity (Wildman–Crippen MR) is 119 cm³/mol. The molecule has 0 atom stereocenters. The number of rotatable bonds is 6. The molecule has 2 aromatic rings. The van der Waals surface area contributed by atoms with Crippen LogP contribution in [0.5, 0.6) is 0 Å². The first kappa shape index (κ1) is 20.6. The van der Waals surface area contributed by atoms with Crippen molar-refractivity contribution in [1.29, 1.82) is 0 Å². The third kappa shape index (κ3) is 4.27. The number of hydrogen-bond acceptors (Lipinski definition) is 5. The molecule has 1 aromatic carbocycles. The van der Waals surface area contributed by atoms with Crippen molar-refractivity contribution in [3.63, 3.8) is 0 Å². The lowest BCUT2D eigenvalue weighted by molar-refractivity contribution is 0.0443. The number of fused-ring (bicyclic) bond motifs is 1. The lowest BCUT2D eigenvalue weighted by atomic mass is 9.93. The van der Waals surface area contributed by atoms with Crippen molar-refractivity contribution >= 4 is 35.1 Å². The van der Waals surface area contributed by atoms with Gasteiger partial charge in [-0.15, -0.1) is 6.58 Å². The summed E-state index contributed by atoms with van der Waals surface area (Å²) in [6, 6.07) is 7.46. The van der Waals surface area contributed by atoms with Crippen LogP contribution in [0, 0.1) is 0 Å². The summed E-state index contributed by atoms with van der Waals surface area (Å²) in [5.74, 6) is 1.18. The molecule has 158 valence electrons. The van der Waals surface area contributed by atoms with Gasteiger partial charge in [0.25, 0.3) is 0 Å². The summed E-state index contributed by atoms with van der Waals surface area (Å²) in [5, 5.41) is 3.96. The molecule has 0 radical (unpaired) electrons. The van der Waals surface area contributed by atoms with Gasteiger partial charge in [-0.3, -0.25) is 9.80 Å². The van der Waals surface area contributed by atoms with Crippen LogP contribution in [-0.2, 0) is 11.3 Å². The summed E-state index contributed by atoms with van der Waals surface area (Å²) in [5.41, 5.74) is 1.56. The maximum atomic E-state index is 13.0. The number of nitrogens with one attached hydrogen (secondary N) is 1. The molecule has 1 aliphatic carbocycles. The minimum absolute atomic E-state index is 0.167. The highest BCUT2D eigenvalue weighted by Gasteiger charge is 2.32. The maximum Gasteiger partial charge on any atom is 0.330 e. The fourth-order valence-corrected chi connectivity index (χ4v) is 4.24. The van der Waals surface area contributed by atoms with Crippen molar-refractivity contribution in [2.24, 2.45) is 0 Å². The van der Waals surface area contributed by atoms with E-state index in [9.17, 15) is 4.79 Å². The lowest BCUT2D eigenvalue weighted by Gasteiger charge is -2.34. The van der Waals surface area contributed by atoms with Gasteiger partial charge in [0.15, 0.2) is 0 Å². The number of urea groups is 1. The quantitative estimate of drug-likeness (QED) is 0.680. The molecular formula is C22H26ClN5O2. The van der Waals surface area contributed by atoms with Crippen molar-refractivity contribution in [2.45, 2.75) is 44.4 Å². The SMILES string of the molecule is C=CCO[C@H]1CC[C@H](Nc2ncc3c(n2)N(C)C(=O)N(c2ccccc2Cl)C3)CC1. The van der Waals surface area contributed by atoms with E-state index in [0.717, 1.165) is 31.2 Å². The second-order valence-corrected chi connectivity index (χ2v) is 8.07. The Morgan fingerprint density at radius 2 is 2.07 bits per heavy atom. The van der Waals surface area contributed by atoms with Crippen molar-refractivity contribution < 1.29 is 9.53 Å². The monoisotopic (exact) mass is 427 g/mol. The molecule has 2 aliphatic rings.